The lowest BCUT2D eigenvalue weighted by atomic mass is 10.1. The summed E-state index contributed by atoms with van der Waals surface area (Å²) in [5.74, 6) is 0. The molecule has 112 valence electrons. The molecule has 1 fully saturated rings. The molecule has 0 radical (unpaired) electrons. The molecule has 0 aliphatic carbocycles. The third kappa shape index (κ3) is 3.96. The molecule has 20 heavy (non-hydrogen) atoms. The fourth-order valence-corrected chi connectivity index (χ4v) is 3.33. The van der Waals surface area contributed by atoms with E-state index >= 15 is 0 Å². The first-order valence-electron chi connectivity index (χ1n) is 7.41. The van der Waals surface area contributed by atoms with Crippen LogP contribution in [0.2, 0.25) is 0 Å². The van der Waals surface area contributed by atoms with E-state index in [9.17, 15) is 0 Å². The molecule has 1 aromatic carbocycles. The Morgan fingerprint density at radius 3 is 2.85 bits per heavy atom. The third-order valence-electron chi connectivity index (χ3n) is 4.08. The van der Waals surface area contributed by atoms with E-state index in [-0.39, 0.29) is 0 Å². The summed E-state index contributed by atoms with van der Waals surface area (Å²) in [7, 11) is 4.12. The van der Waals surface area contributed by atoms with Crippen molar-refractivity contribution in [1.82, 2.24) is 5.32 Å². The van der Waals surface area contributed by atoms with Crippen molar-refractivity contribution in [3.05, 3.63) is 28.2 Å². The lowest BCUT2D eigenvalue weighted by molar-refractivity contribution is 0.0216. The number of rotatable bonds is 5. The van der Waals surface area contributed by atoms with Crippen molar-refractivity contribution in [3.63, 3.8) is 0 Å². The number of hydrogen-bond acceptors (Lipinski definition) is 3. The fraction of sp³-hybridized carbons (Fsp3) is 0.625. The molecule has 1 aliphatic heterocycles. The van der Waals surface area contributed by atoms with Gasteiger partial charge in [-0.3, -0.25) is 0 Å². The van der Waals surface area contributed by atoms with Crippen LogP contribution in [0, 0.1) is 0 Å². The SMILES string of the molecule is CNC(C)c1ccc(N(C)CC2CCCCO2)cc1Br. The second-order valence-electron chi connectivity index (χ2n) is 5.59. The number of benzene rings is 1. The van der Waals surface area contributed by atoms with Crippen LogP contribution in [0.5, 0.6) is 0 Å². The molecule has 2 atom stereocenters. The van der Waals surface area contributed by atoms with Crippen molar-refractivity contribution < 1.29 is 4.74 Å². The molecular formula is C16H25BrN2O. The Morgan fingerprint density at radius 2 is 2.25 bits per heavy atom. The average molecular weight is 341 g/mol. The van der Waals surface area contributed by atoms with Gasteiger partial charge in [-0.25, -0.2) is 0 Å². The van der Waals surface area contributed by atoms with Gasteiger partial charge in [0, 0.05) is 36.4 Å². The Labute approximate surface area is 130 Å². The number of nitrogens with one attached hydrogen (secondary N) is 1. The standard InChI is InChI=1S/C16H25BrN2O/c1-12(18-2)15-8-7-13(10-16(15)17)19(3)11-14-6-4-5-9-20-14/h7-8,10,12,14,18H,4-6,9,11H2,1-3H3. The normalized spacial score (nSPS) is 20.7. The first kappa shape index (κ1) is 15.8. The highest BCUT2D eigenvalue weighted by Crippen LogP contribution is 2.28. The van der Waals surface area contributed by atoms with Crippen molar-refractivity contribution >= 4 is 21.6 Å². The van der Waals surface area contributed by atoms with Crippen molar-refractivity contribution in [1.29, 1.82) is 0 Å². The van der Waals surface area contributed by atoms with Crippen LogP contribution < -0.4 is 10.2 Å². The zero-order chi connectivity index (χ0) is 14.5. The van der Waals surface area contributed by atoms with Gasteiger partial charge in [0.2, 0.25) is 0 Å². The molecule has 1 aromatic rings. The van der Waals surface area contributed by atoms with Gasteiger partial charge in [0.25, 0.3) is 0 Å². The summed E-state index contributed by atoms with van der Waals surface area (Å²) < 4.78 is 6.98. The molecule has 0 saturated carbocycles. The molecule has 1 heterocycles. The predicted molar refractivity (Wildman–Crippen MR) is 88.5 cm³/mol. The number of hydrogen-bond donors (Lipinski definition) is 1. The van der Waals surface area contributed by atoms with E-state index in [1.807, 2.05) is 7.05 Å². The molecule has 0 amide bonds. The quantitative estimate of drug-likeness (QED) is 0.883. The van der Waals surface area contributed by atoms with Crippen LogP contribution in [0.25, 0.3) is 0 Å². The van der Waals surface area contributed by atoms with Crippen LogP contribution in [0.1, 0.15) is 37.8 Å². The van der Waals surface area contributed by atoms with Gasteiger partial charge in [-0.05, 0) is 50.9 Å². The largest absolute Gasteiger partial charge is 0.376 e. The van der Waals surface area contributed by atoms with Crippen molar-refractivity contribution in [2.45, 2.75) is 38.3 Å². The molecular weight excluding hydrogens is 316 g/mol. The fourth-order valence-electron chi connectivity index (χ4n) is 2.62. The molecule has 1 N–H and O–H groups in total. The summed E-state index contributed by atoms with van der Waals surface area (Å²) in [6.07, 6.45) is 4.06. The minimum absolute atomic E-state index is 0.352. The first-order valence-corrected chi connectivity index (χ1v) is 8.20. The Kier molecular flexibility index (Phi) is 5.87. The van der Waals surface area contributed by atoms with Gasteiger partial charge in [-0.2, -0.15) is 0 Å². The maximum atomic E-state index is 5.82. The van der Waals surface area contributed by atoms with Crippen LogP contribution in [0.4, 0.5) is 5.69 Å². The topological polar surface area (TPSA) is 24.5 Å². The van der Waals surface area contributed by atoms with Crippen molar-refractivity contribution in [2.24, 2.45) is 0 Å². The Balaban J connectivity index is 2.02. The molecule has 2 unspecified atom stereocenters. The summed E-state index contributed by atoms with van der Waals surface area (Å²) >= 11 is 3.68. The van der Waals surface area contributed by atoms with Gasteiger partial charge in [0.1, 0.15) is 0 Å². The first-order chi connectivity index (χ1) is 9.61. The van der Waals surface area contributed by atoms with Gasteiger partial charge in [-0.1, -0.05) is 22.0 Å². The summed E-state index contributed by atoms with van der Waals surface area (Å²) in [4.78, 5) is 2.29. The smallest absolute Gasteiger partial charge is 0.0749 e. The lowest BCUT2D eigenvalue weighted by Gasteiger charge is -2.29. The molecule has 0 spiro atoms. The van der Waals surface area contributed by atoms with Crippen LogP contribution >= 0.6 is 15.9 Å². The zero-order valence-electron chi connectivity index (χ0n) is 12.7. The molecule has 2 rings (SSSR count). The van der Waals surface area contributed by atoms with Crippen LogP contribution in [-0.4, -0.2) is 33.4 Å². The van der Waals surface area contributed by atoms with E-state index in [1.165, 1.54) is 30.5 Å². The second-order valence-corrected chi connectivity index (χ2v) is 6.44. The molecule has 3 nitrogen and oxygen atoms in total. The van der Waals surface area contributed by atoms with Crippen molar-refractivity contribution in [3.8, 4) is 0 Å². The lowest BCUT2D eigenvalue weighted by Crippen LogP contribution is -2.33. The average Bonchev–Trinajstić information content (AvgIpc) is 2.47. The van der Waals surface area contributed by atoms with Crippen LogP contribution in [-0.2, 0) is 4.74 Å². The highest BCUT2D eigenvalue weighted by atomic mass is 79.9. The van der Waals surface area contributed by atoms with Gasteiger partial charge in [0.15, 0.2) is 0 Å². The van der Waals surface area contributed by atoms with E-state index in [0.29, 0.717) is 12.1 Å². The zero-order valence-corrected chi connectivity index (χ0v) is 14.2. The summed E-state index contributed by atoms with van der Waals surface area (Å²) in [5, 5.41) is 3.27. The minimum Gasteiger partial charge on any atom is -0.376 e. The number of ether oxygens (including phenoxy) is 1. The third-order valence-corrected chi connectivity index (χ3v) is 4.76. The Bertz CT molecular complexity index is 432. The van der Waals surface area contributed by atoms with Crippen LogP contribution in [0.3, 0.4) is 0 Å². The molecule has 1 saturated heterocycles. The van der Waals surface area contributed by atoms with Gasteiger partial charge >= 0.3 is 0 Å². The van der Waals surface area contributed by atoms with Gasteiger partial charge in [-0.15, -0.1) is 0 Å². The van der Waals surface area contributed by atoms with E-state index in [0.717, 1.165) is 17.6 Å². The number of likely N-dealkylation sites (N-methyl/N-ethyl adjacent to an activating group) is 1. The predicted octanol–water partition coefficient (Wildman–Crippen LogP) is 3.73. The molecule has 1 aliphatic rings. The Hall–Kier alpha value is -0.580. The van der Waals surface area contributed by atoms with E-state index in [2.05, 4.69) is 58.3 Å². The monoisotopic (exact) mass is 340 g/mol. The van der Waals surface area contributed by atoms with Crippen molar-refractivity contribution in [2.75, 3.05) is 32.1 Å². The highest BCUT2D eigenvalue weighted by Gasteiger charge is 2.17. The summed E-state index contributed by atoms with van der Waals surface area (Å²) in [6.45, 7) is 4.05. The number of halogens is 1. The van der Waals surface area contributed by atoms with E-state index in [1.54, 1.807) is 0 Å². The summed E-state index contributed by atoms with van der Waals surface area (Å²) in [6, 6.07) is 6.94. The Morgan fingerprint density at radius 1 is 1.45 bits per heavy atom. The maximum Gasteiger partial charge on any atom is 0.0749 e. The minimum atomic E-state index is 0.352. The van der Waals surface area contributed by atoms with Gasteiger partial charge < -0.3 is 15.0 Å². The van der Waals surface area contributed by atoms with Gasteiger partial charge in [0.05, 0.1) is 6.10 Å². The molecule has 0 aromatic heterocycles. The number of anilines is 1. The maximum absolute atomic E-state index is 5.82. The molecule has 4 heteroatoms. The number of nitrogens with zero attached hydrogens (tertiary/aromatic N) is 1. The molecule has 0 bridgehead atoms. The van der Waals surface area contributed by atoms with E-state index in [4.69, 9.17) is 4.74 Å². The van der Waals surface area contributed by atoms with Crippen LogP contribution in [0.15, 0.2) is 22.7 Å². The van der Waals surface area contributed by atoms with E-state index < -0.39 is 0 Å². The highest BCUT2D eigenvalue weighted by molar-refractivity contribution is 9.10. The second kappa shape index (κ2) is 7.43. The summed E-state index contributed by atoms with van der Waals surface area (Å²) in [5.41, 5.74) is 2.52.